The maximum atomic E-state index is 13.0. The molecular formula is C14H14F3NO. The van der Waals surface area contributed by atoms with Crippen molar-refractivity contribution in [2.75, 3.05) is 0 Å². The third kappa shape index (κ3) is 2.37. The largest absolute Gasteiger partial charge is 0.417 e. The van der Waals surface area contributed by atoms with Crippen LogP contribution in [0.15, 0.2) is 29.2 Å². The van der Waals surface area contributed by atoms with Crippen molar-refractivity contribution >= 4 is 10.8 Å². The van der Waals surface area contributed by atoms with Crippen molar-refractivity contribution in [2.45, 2.75) is 32.4 Å². The molecule has 0 aliphatic carbocycles. The van der Waals surface area contributed by atoms with Gasteiger partial charge in [0.25, 0.3) is 5.56 Å². The molecule has 102 valence electrons. The lowest BCUT2D eigenvalue weighted by molar-refractivity contribution is -0.136. The Kier molecular flexibility index (Phi) is 2.96. The molecular weight excluding hydrogens is 255 g/mol. The zero-order valence-corrected chi connectivity index (χ0v) is 10.9. The van der Waals surface area contributed by atoms with E-state index in [9.17, 15) is 18.0 Å². The first-order valence-corrected chi connectivity index (χ1v) is 5.84. The molecule has 0 saturated carbocycles. The predicted octanol–water partition coefficient (Wildman–Crippen LogP) is 3.84. The third-order valence-corrected chi connectivity index (χ3v) is 3.04. The maximum absolute atomic E-state index is 13.0. The molecule has 2 nitrogen and oxygen atoms in total. The van der Waals surface area contributed by atoms with Crippen LogP contribution < -0.4 is 5.56 Å². The molecule has 0 aliphatic heterocycles. The molecule has 0 radical (unpaired) electrons. The number of aromatic nitrogens is 1. The van der Waals surface area contributed by atoms with Crippen LogP contribution >= 0.6 is 0 Å². The van der Waals surface area contributed by atoms with Crippen LogP contribution in [0.3, 0.4) is 0 Å². The van der Waals surface area contributed by atoms with Gasteiger partial charge in [-0.3, -0.25) is 4.79 Å². The minimum Gasteiger partial charge on any atom is -0.328 e. The van der Waals surface area contributed by atoms with Gasteiger partial charge in [-0.1, -0.05) is 32.9 Å². The monoisotopic (exact) mass is 269 g/mol. The van der Waals surface area contributed by atoms with E-state index in [1.165, 1.54) is 12.3 Å². The fourth-order valence-corrected chi connectivity index (χ4v) is 2.17. The smallest absolute Gasteiger partial charge is 0.328 e. The molecule has 0 unspecified atom stereocenters. The molecule has 1 aromatic heterocycles. The van der Waals surface area contributed by atoms with Crippen LogP contribution in [0.4, 0.5) is 13.2 Å². The Balaban J connectivity index is 2.96. The summed E-state index contributed by atoms with van der Waals surface area (Å²) in [6.45, 7) is 5.67. The Bertz CT molecular complexity index is 678. The molecule has 0 aliphatic rings. The quantitative estimate of drug-likeness (QED) is 0.774. The molecule has 0 atom stereocenters. The zero-order chi connectivity index (χ0) is 14.4. The molecule has 2 aromatic rings. The summed E-state index contributed by atoms with van der Waals surface area (Å²) >= 11 is 0. The Morgan fingerprint density at radius 3 is 2.21 bits per heavy atom. The van der Waals surface area contributed by atoms with Crippen LogP contribution in [0.25, 0.3) is 10.8 Å². The van der Waals surface area contributed by atoms with Crippen molar-refractivity contribution in [1.82, 2.24) is 4.98 Å². The highest BCUT2D eigenvalue weighted by molar-refractivity contribution is 5.88. The van der Waals surface area contributed by atoms with Gasteiger partial charge >= 0.3 is 6.18 Å². The number of nitrogens with one attached hydrogen (secondary N) is 1. The number of alkyl halides is 3. The molecule has 0 bridgehead atoms. The summed E-state index contributed by atoms with van der Waals surface area (Å²) in [4.78, 5) is 14.2. The molecule has 0 amide bonds. The van der Waals surface area contributed by atoms with Gasteiger partial charge in [-0.2, -0.15) is 13.2 Å². The van der Waals surface area contributed by atoms with E-state index in [1.54, 1.807) is 6.07 Å². The average molecular weight is 269 g/mol. The van der Waals surface area contributed by atoms with E-state index in [0.29, 0.717) is 10.9 Å². The topological polar surface area (TPSA) is 32.9 Å². The van der Waals surface area contributed by atoms with Crippen LogP contribution in [0.5, 0.6) is 0 Å². The summed E-state index contributed by atoms with van der Waals surface area (Å²) in [6.07, 6.45) is -3.05. The van der Waals surface area contributed by atoms with Crippen LogP contribution in [0, 0.1) is 0 Å². The van der Waals surface area contributed by atoms with E-state index < -0.39 is 17.3 Å². The average Bonchev–Trinajstić information content (AvgIpc) is 2.25. The van der Waals surface area contributed by atoms with E-state index in [-0.39, 0.29) is 10.8 Å². The number of fused-ring (bicyclic) bond motifs is 1. The second-order valence-electron chi connectivity index (χ2n) is 5.51. The number of benzene rings is 1. The molecule has 1 N–H and O–H groups in total. The Morgan fingerprint density at radius 1 is 1.05 bits per heavy atom. The van der Waals surface area contributed by atoms with Crippen molar-refractivity contribution < 1.29 is 13.2 Å². The van der Waals surface area contributed by atoms with Gasteiger partial charge in [0, 0.05) is 6.20 Å². The normalized spacial score (nSPS) is 12.9. The number of aromatic amines is 1. The molecule has 0 fully saturated rings. The fourth-order valence-electron chi connectivity index (χ4n) is 2.17. The van der Waals surface area contributed by atoms with E-state index in [4.69, 9.17) is 0 Å². The SMILES string of the molecule is CC(C)(C)c1c[nH]c(=O)c2c(C(F)(F)F)cccc12. The molecule has 1 aromatic carbocycles. The molecule has 1 heterocycles. The van der Waals surface area contributed by atoms with Crippen LogP contribution in [-0.2, 0) is 11.6 Å². The van der Waals surface area contributed by atoms with Gasteiger partial charge in [0.2, 0.25) is 0 Å². The summed E-state index contributed by atoms with van der Waals surface area (Å²) in [5.74, 6) is 0. The standard InChI is InChI=1S/C14H14F3NO/c1-13(2,3)10-7-18-12(19)11-8(10)5-4-6-9(11)14(15,16)17/h4-7H,1-3H3,(H,18,19). The molecule has 0 spiro atoms. The van der Waals surface area contributed by atoms with Gasteiger partial charge in [-0.05, 0) is 22.4 Å². The Hall–Kier alpha value is -1.78. The number of rotatable bonds is 0. The van der Waals surface area contributed by atoms with Crippen molar-refractivity contribution in [1.29, 1.82) is 0 Å². The number of hydrogen-bond acceptors (Lipinski definition) is 1. The summed E-state index contributed by atoms with van der Waals surface area (Å²) in [5, 5.41) is 0.0634. The van der Waals surface area contributed by atoms with E-state index in [1.807, 2.05) is 20.8 Å². The lowest BCUT2D eigenvalue weighted by Gasteiger charge is -2.21. The van der Waals surface area contributed by atoms with E-state index >= 15 is 0 Å². The lowest BCUT2D eigenvalue weighted by atomic mass is 9.84. The first-order valence-electron chi connectivity index (χ1n) is 5.84. The molecule has 19 heavy (non-hydrogen) atoms. The highest BCUT2D eigenvalue weighted by Gasteiger charge is 2.34. The van der Waals surface area contributed by atoms with Gasteiger partial charge < -0.3 is 4.98 Å². The second-order valence-corrected chi connectivity index (χ2v) is 5.51. The van der Waals surface area contributed by atoms with Gasteiger partial charge in [0.15, 0.2) is 0 Å². The number of hydrogen-bond donors (Lipinski definition) is 1. The Morgan fingerprint density at radius 2 is 1.68 bits per heavy atom. The number of pyridine rings is 1. The summed E-state index contributed by atoms with van der Waals surface area (Å²) in [7, 11) is 0. The summed E-state index contributed by atoms with van der Waals surface area (Å²) < 4.78 is 38.9. The number of halogens is 3. The number of H-pyrrole nitrogens is 1. The Labute approximate surface area is 108 Å². The van der Waals surface area contributed by atoms with Gasteiger partial charge in [0.05, 0.1) is 10.9 Å². The second kappa shape index (κ2) is 4.11. The van der Waals surface area contributed by atoms with Crippen LogP contribution in [0.2, 0.25) is 0 Å². The minimum absolute atomic E-state index is 0.289. The first-order chi connectivity index (χ1) is 8.62. The zero-order valence-electron chi connectivity index (χ0n) is 10.9. The predicted molar refractivity (Wildman–Crippen MR) is 68.3 cm³/mol. The van der Waals surface area contributed by atoms with E-state index in [0.717, 1.165) is 6.07 Å². The van der Waals surface area contributed by atoms with Gasteiger partial charge in [-0.25, -0.2) is 0 Å². The molecule has 2 rings (SSSR count). The summed E-state index contributed by atoms with van der Waals surface area (Å²) in [5.41, 5.74) is -1.27. The van der Waals surface area contributed by atoms with Crippen LogP contribution in [0.1, 0.15) is 31.9 Å². The molecule has 5 heteroatoms. The summed E-state index contributed by atoms with van der Waals surface area (Å²) in [6, 6.07) is 3.82. The third-order valence-electron chi connectivity index (χ3n) is 3.04. The highest BCUT2D eigenvalue weighted by Crippen LogP contribution is 2.36. The van der Waals surface area contributed by atoms with Gasteiger partial charge in [0.1, 0.15) is 0 Å². The fraction of sp³-hybridized carbons (Fsp3) is 0.357. The van der Waals surface area contributed by atoms with E-state index in [2.05, 4.69) is 4.98 Å². The first kappa shape index (κ1) is 13.6. The maximum Gasteiger partial charge on any atom is 0.417 e. The van der Waals surface area contributed by atoms with Crippen molar-refractivity contribution in [3.63, 3.8) is 0 Å². The molecule has 0 saturated heterocycles. The van der Waals surface area contributed by atoms with Crippen LogP contribution in [-0.4, -0.2) is 4.98 Å². The van der Waals surface area contributed by atoms with Gasteiger partial charge in [-0.15, -0.1) is 0 Å². The van der Waals surface area contributed by atoms with Crippen molar-refractivity contribution in [2.24, 2.45) is 0 Å². The van der Waals surface area contributed by atoms with Crippen molar-refractivity contribution in [3.05, 3.63) is 45.9 Å². The van der Waals surface area contributed by atoms with Crippen molar-refractivity contribution in [3.8, 4) is 0 Å². The lowest BCUT2D eigenvalue weighted by Crippen LogP contribution is -2.19. The minimum atomic E-state index is -4.54. The highest BCUT2D eigenvalue weighted by atomic mass is 19.4.